The number of aromatic nitrogens is 2. The van der Waals surface area contributed by atoms with Crippen molar-refractivity contribution in [3.8, 4) is 5.88 Å². The van der Waals surface area contributed by atoms with Crippen LogP contribution in [0.1, 0.15) is 45.1 Å². The van der Waals surface area contributed by atoms with E-state index in [0.717, 1.165) is 5.69 Å². The van der Waals surface area contributed by atoms with E-state index in [1.807, 2.05) is 20.8 Å². The van der Waals surface area contributed by atoms with E-state index in [0.29, 0.717) is 18.3 Å². The molecule has 0 radical (unpaired) electrons. The lowest BCUT2D eigenvalue weighted by Gasteiger charge is -2.21. The minimum absolute atomic E-state index is 0.0448. The average Bonchev–Trinajstić information content (AvgIpc) is 2.26. The summed E-state index contributed by atoms with van der Waals surface area (Å²) in [6.45, 7) is 6.41. The lowest BCUT2D eigenvalue weighted by molar-refractivity contribution is 0.269. The smallest absolute Gasteiger partial charge is 0.402 e. The van der Waals surface area contributed by atoms with Crippen molar-refractivity contribution >= 4 is 24.4 Å². The second-order valence-corrected chi connectivity index (χ2v) is 7.32. The zero-order valence-electron chi connectivity index (χ0n) is 12.3. The van der Waals surface area contributed by atoms with E-state index in [-0.39, 0.29) is 11.8 Å². The van der Waals surface area contributed by atoms with E-state index >= 15 is 0 Å². The van der Waals surface area contributed by atoms with E-state index in [1.165, 1.54) is 6.92 Å². The maximum absolute atomic E-state index is 7.39. The molecule has 0 bridgehead atoms. The Morgan fingerprint density at radius 3 is 2.60 bits per heavy atom. The minimum atomic E-state index is -3.05. The molecule has 0 aliphatic rings. The van der Waals surface area contributed by atoms with Crippen LogP contribution in [-0.4, -0.2) is 22.5 Å². The molecule has 8 heteroatoms. The van der Waals surface area contributed by atoms with Crippen molar-refractivity contribution in [1.29, 1.82) is 5.41 Å². The molecule has 6 nitrogen and oxygen atoms in total. The fraction of sp³-hybridized carbons (Fsp3) is 0.583. The molecule has 0 aliphatic heterocycles. The highest BCUT2D eigenvalue weighted by molar-refractivity contribution is 8.07. The molecule has 1 aromatic rings. The van der Waals surface area contributed by atoms with Gasteiger partial charge in [0.1, 0.15) is 5.82 Å². The van der Waals surface area contributed by atoms with Gasteiger partial charge in [0, 0.05) is 36.4 Å². The zero-order chi connectivity index (χ0) is 15.3. The van der Waals surface area contributed by atoms with Crippen molar-refractivity contribution in [2.75, 3.05) is 6.61 Å². The second kappa shape index (κ2) is 7.11. The Hall–Kier alpha value is -1.04. The normalized spacial score (nSPS) is 13.9. The van der Waals surface area contributed by atoms with Gasteiger partial charge in [0.05, 0.1) is 6.61 Å². The molecule has 0 fully saturated rings. The van der Waals surface area contributed by atoms with Crippen LogP contribution in [0.15, 0.2) is 6.07 Å². The zero-order valence-corrected chi connectivity index (χ0v) is 14.0. The van der Waals surface area contributed by atoms with Crippen molar-refractivity contribution < 1.29 is 13.6 Å². The predicted octanol–water partition coefficient (Wildman–Crippen LogP) is 3.56. The quantitative estimate of drug-likeness (QED) is 0.491. The van der Waals surface area contributed by atoms with Gasteiger partial charge < -0.3 is 9.05 Å². The molecule has 0 aliphatic carbocycles. The van der Waals surface area contributed by atoms with Gasteiger partial charge in [-0.2, -0.15) is 4.98 Å². The molecule has 1 aromatic heterocycles. The predicted molar refractivity (Wildman–Crippen MR) is 81.9 cm³/mol. The van der Waals surface area contributed by atoms with Crippen LogP contribution in [0.2, 0.25) is 0 Å². The molecule has 0 saturated carbocycles. The Labute approximate surface area is 124 Å². The van der Waals surface area contributed by atoms with Gasteiger partial charge in [0.15, 0.2) is 5.90 Å². The maximum Gasteiger partial charge on any atom is 0.437 e. The highest BCUT2D eigenvalue weighted by atomic mass is 32.5. The molecule has 0 amide bonds. The Morgan fingerprint density at radius 2 is 2.10 bits per heavy atom. The Balaban J connectivity index is 3.05. The molecule has 1 atom stereocenters. The first-order chi connectivity index (χ1) is 9.25. The number of hydrogen-bond donors (Lipinski definition) is 1. The molecular weight excluding hydrogens is 297 g/mol. The van der Waals surface area contributed by atoms with Crippen LogP contribution in [0.5, 0.6) is 5.88 Å². The molecule has 0 spiro atoms. The lowest BCUT2D eigenvalue weighted by Crippen LogP contribution is -2.08. The van der Waals surface area contributed by atoms with Crippen LogP contribution in [0.3, 0.4) is 0 Å². The summed E-state index contributed by atoms with van der Waals surface area (Å²) in [7, 11) is 0. The van der Waals surface area contributed by atoms with Crippen molar-refractivity contribution in [2.24, 2.45) is 0 Å². The van der Waals surface area contributed by atoms with E-state index in [4.69, 9.17) is 30.8 Å². The maximum atomic E-state index is 7.39. The van der Waals surface area contributed by atoms with Crippen LogP contribution in [0, 0.1) is 12.3 Å². The van der Waals surface area contributed by atoms with Crippen molar-refractivity contribution in [3.63, 3.8) is 0 Å². The summed E-state index contributed by atoms with van der Waals surface area (Å²) in [6.07, 6.45) is 0. The highest BCUT2D eigenvalue weighted by Crippen LogP contribution is 2.49. The molecule has 1 unspecified atom stereocenters. The monoisotopic (exact) mass is 317 g/mol. The summed E-state index contributed by atoms with van der Waals surface area (Å²) >= 11 is 5.25. The second-order valence-electron chi connectivity index (χ2n) is 4.46. The van der Waals surface area contributed by atoms with Gasteiger partial charge in [0.25, 0.3) is 0 Å². The standard InChI is InChI=1S/C12H20N3O3PS/c1-6-16-19(20,17-10(5)13)18-11-7-9(4)14-12(15-11)8(2)3/h7-8,13H,6H2,1-5H3. The molecule has 1 N–H and O–H groups in total. The lowest BCUT2D eigenvalue weighted by atomic mass is 10.2. The first-order valence-electron chi connectivity index (χ1n) is 6.30. The molecular formula is C12H20N3O3PS. The Kier molecular flexibility index (Phi) is 6.05. The summed E-state index contributed by atoms with van der Waals surface area (Å²) in [6, 6.07) is 1.68. The van der Waals surface area contributed by atoms with E-state index in [9.17, 15) is 0 Å². The molecule has 0 saturated heterocycles. The third-order valence-electron chi connectivity index (χ3n) is 2.11. The van der Waals surface area contributed by atoms with E-state index in [1.54, 1.807) is 13.0 Å². The van der Waals surface area contributed by atoms with Gasteiger partial charge >= 0.3 is 6.72 Å². The molecule has 1 rings (SSSR count). The van der Waals surface area contributed by atoms with E-state index < -0.39 is 6.72 Å². The minimum Gasteiger partial charge on any atom is -0.402 e. The first-order valence-corrected chi connectivity index (χ1v) is 8.86. The van der Waals surface area contributed by atoms with Gasteiger partial charge in [-0.15, -0.1) is 0 Å². The van der Waals surface area contributed by atoms with Gasteiger partial charge in [0.2, 0.25) is 5.88 Å². The first kappa shape index (κ1) is 17.0. The Morgan fingerprint density at radius 1 is 1.45 bits per heavy atom. The fourth-order valence-corrected chi connectivity index (χ4v) is 3.38. The number of nitrogens with zero attached hydrogens (tertiary/aromatic N) is 2. The van der Waals surface area contributed by atoms with Crippen molar-refractivity contribution in [2.45, 2.75) is 40.5 Å². The van der Waals surface area contributed by atoms with Gasteiger partial charge in [-0.05, 0) is 13.8 Å². The number of hydrogen-bond acceptors (Lipinski definition) is 7. The summed E-state index contributed by atoms with van der Waals surface area (Å²) in [4.78, 5) is 8.64. The summed E-state index contributed by atoms with van der Waals surface area (Å²) < 4.78 is 16.2. The Bertz CT molecular complexity index is 537. The number of rotatable bonds is 6. The van der Waals surface area contributed by atoms with Gasteiger partial charge in [-0.25, -0.2) is 4.98 Å². The van der Waals surface area contributed by atoms with Gasteiger partial charge in [-0.1, -0.05) is 13.8 Å². The third kappa shape index (κ3) is 5.15. The molecule has 112 valence electrons. The van der Waals surface area contributed by atoms with Crippen LogP contribution in [-0.2, 0) is 20.9 Å². The number of nitrogens with one attached hydrogen (secondary N) is 1. The molecule has 1 heterocycles. The highest BCUT2D eigenvalue weighted by Gasteiger charge is 2.25. The summed E-state index contributed by atoms with van der Waals surface area (Å²) in [5.74, 6) is 1.12. The van der Waals surface area contributed by atoms with Crippen LogP contribution in [0.4, 0.5) is 0 Å². The number of aryl methyl sites for hydroxylation is 1. The van der Waals surface area contributed by atoms with Crippen molar-refractivity contribution in [1.82, 2.24) is 9.97 Å². The van der Waals surface area contributed by atoms with Crippen LogP contribution < -0.4 is 4.52 Å². The third-order valence-corrected chi connectivity index (χ3v) is 4.35. The fourth-order valence-electron chi connectivity index (χ4n) is 1.38. The van der Waals surface area contributed by atoms with E-state index in [2.05, 4.69) is 9.97 Å². The van der Waals surface area contributed by atoms with Crippen LogP contribution >= 0.6 is 6.72 Å². The average molecular weight is 317 g/mol. The van der Waals surface area contributed by atoms with Crippen LogP contribution in [0.25, 0.3) is 0 Å². The van der Waals surface area contributed by atoms with Crippen molar-refractivity contribution in [3.05, 3.63) is 17.6 Å². The summed E-state index contributed by atoms with van der Waals surface area (Å²) in [5.41, 5.74) is 0.781. The van der Waals surface area contributed by atoms with Gasteiger partial charge in [-0.3, -0.25) is 9.93 Å². The summed E-state index contributed by atoms with van der Waals surface area (Å²) in [5, 5.41) is 7.39. The SMILES string of the molecule is CCOP(=S)(OC(C)=N)Oc1cc(C)nc(C(C)C)n1. The molecule has 20 heavy (non-hydrogen) atoms. The topological polar surface area (TPSA) is 77.3 Å². The largest absolute Gasteiger partial charge is 0.437 e. The molecule has 0 aromatic carbocycles.